The smallest absolute Gasteiger partial charge is 0.274 e. The fourth-order valence-corrected chi connectivity index (χ4v) is 2.54. The molecule has 0 spiro atoms. The zero-order valence-corrected chi connectivity index (χ0v) is 14.7. The Morgan fingerprint density at radius 3 is 2.19 bits per heavy atom. The molecule has 2 N–H and O–H groups in total. The average molecular weight is 366 g/mol. The van der Waals surface area contributed by atoms with Gasteiger partial charge in [0, 0.05) is 16.4 Å². The van der Waals surface area contributed by atoms with Crippen LogP contribution in [0.25, 0.3) is 0 Å². The van der Waals surface area contributed by atoms with Crippen LogP contribution in [0.2, 0.25) is 5.02 Å². The van der Waals surface area contributed by atoms with Gasteiger partial charge in [-0.2, -0.15) is 0 Å². The van der Waals surface area contributed by atoms with Gasteiger partial charge < -0.3 is 10.6 Å². The predicted molar refractivity (Wildman–Crippen MR) is 103 cm³/mol. The lowest BCUT2D eigenvalue weighted by molar-refractivity contribution is 0.101. The highest BCUT2D eigenvalue weighted by Gasteiger charge is 2.13. The van der Waals surface area contributed by atoms with Crippen molar-refractivity contribution in [3.63, 3.8) is 0 Å². The van der Waals surface area contributed by atoms with Gasteiger partial charge in [-0.15, -0.1) is 0 Å². The Balaban J connectivity index is 1.76. The Morgan fingerprint density at radius 2 is 1.50 bits per heavy atom. The Bertz CT molecular complexity index is 973. The number of anilines is 2. The van der Waals surface area contributed by atoms with Crippen molar-refractivity contribution in [3.8, 4) is 0 Å². The first-order valence-corrected chi connectivity index (χ1v) is 8.32. The van der Waals surface area contributed by atoms with Crippen molar-refractivity contribution in [2.75, 3.05) is 10.6 Å². The second-order valence-electron chi connectivity index (χ2n) is 5.64. The van der Waals surface area contributed by atoms with Crippen LogP contribution in [-0.4, -0.2) is 16.8 Å². The number of amides is 2. The molecule has 0 aliphatic carbocycles. The van der Waals surface area contributed by atoms with E-state index < -0.39 is 5.91 Å². The van der Waals surface area contributed by atoms with Crippen LogP contribution in [0.4, 0.5) is 11.4 Å². The van der Waals surface area contributed by atoms with Crippen molar-refractivity contribution in [1.82, 2.24) is 4.98 Å². The van der Waals surface area contributed by atoms with Crippen LogP contribution in [0.1, 0.15) is 26.5 Å². The number of para-hydroxylation sites is 1. The third-order valence-electron chi connectivity index (χ3n) is 3.69. The largest absolute Gasteiger partial charge is 0.321 e. The van der Waals surface area contributed by atoms with Gasteiger partial charge in [-0.3, -0.25) is 9.59 Å². The summed E-state index contributed by atoms with van der Waals surface area (Å²) in [5, 5.41) is 6.02. The lowest BCUT2D eigenvalue weighted by Gasteiger charge is -2.09. The molecule has 2 amide bonds. The second kappa shape index (κ2) is 7.80. The summed E-state index contributed by atoms with van der Waals surface area (Å²) in [4.78, 5) is 28.9. The molecule has 130 valence electrons. The summed E-state index contributed by atoms with van der Waals surface area (Å²) in [6, 6.07) is 19.0. The molecule has 3 aromatic rings. The molecule has 6 heteroatoms. The summed E-state index contributed by atoms with van der Waals surface area (Å²) >= 11 is 5.91. The SMILES string of the molecule is Cc1ccccc1NC(=O)c1cccc(C(=O)Nc2cccc(Cl)c2)n1. The molecule has 0 unspecified atom stereocenters. The lowest BCUT2D eigenvalue weighted by atomic mass is 10.2. The van der Waals surface area contributed by atoms with Gasteiger partial charge in [-0.25, -0.2) is 4.98 Å². The zero-order chi connectivity index (χ0) is 18.5. The molecule has 0 aliphatic rings. The molecule has 0 fully saturated rings. The van der Waals surface area contributed by atoms with Gasteiger partial charge in [0.1, 0.15) is 11.4 Å². The third-order valence-corrected chi connectivity index (χ3v) is 3.93. The van der Waals surface area contributed by atoms with E-state index in [9.17, 15) is 9.59 Å². The highest BCUT2D eigenvalue weighted by atomic mass is 35.5. The topological polar surface area (TPSA) is 71.1 Å². The standard InChI is InChI=1S/C20H16ClN3O2/c1-13-6-2-3-9-16(13)24-20(26)18-11-5-10-17(23-18)19(25)22-15-8-4-7-14(21)12-15/h2-12H,1H3,(H,22,25)(H,24,26). The van der Waals surface area contributed by atoms with E-state index in [0.29, 0.717) is 16.4 Å². The first-order valence-electron chi connectivity index (χ1n) is 7.94. The quantitative estimate of drug-likeness (QED) is 0.712. The van der Waals surface area contributed by atoms with Gasteiger partial charge in [-0.1, -0.05) is 41.9 Å². The van der Waals surface area contributed by atoms with E-state index in [4.69, 9.17) is 11.6 Å². The highest BCUT2D eigenvalue weighted by Crippen LogP contribution is 2.16. The van der Waals surface area contributed by atoms with Crippen LogP contribution in [0.15, 0.2) is 66.7 Å². The first kappa shape index (κ1) is 17.6. The van der Waals surface area contributed by atoms with Crippen molar-refractivity contribution in [2.45, 2.75) is 6.92 Å². The molecule has 1 aromatic heterocycles. The zero-order valence-electron chi connectivity index (χ0n) is 14.0. The van der Waals surface area contributed by atoms with Gasteiger partial charge in [0.25, 0.3) is 11.8 Å². The van der Waals surface area contributed by atoms with E-state index in [0.717, 1.165) is 5.56 Å². The number of rotatable bonds is 4. The fraction of sp³-hybridized carbons (Fsp3) is 0.0500. The number of carbonyl (C=O) groups excluding carboxylic acids is 2. The van der Waals surface area contributed by atoms with Gasteiger partial charge >= 0.3 is 0 Å². The maximum atomic E-state index is 12.4. The molecular weight excluding hydrogens is 350 g/mol. The minimum atomic E-state index is -0.419. The number of nitrogens with zero attached hydrogens (tertiary/aromatic N) is 1. The number of nitrogens with one attached hydrogen (secondary N) is 2. The van der Waals surface area contributed by atoms with Crippen LogP contribution in [0.3, 0.4) is 0 Å². The molecular formula is C20H16ClN3O2. The minimum absolute atomic E-state index is 0.141. The molecule has 3 rings (SSSR count). The number of hydrogen-bond donors (Lipinski definition) is 2. The lowest BCUT2D eigenvalue weighted by Crippen LogP contribution is -2.18. The van der Waals surface area contributed by atoms with Crippen molar-refractivity contribution in [3.05, 3.63) is 88.7 Å². The Hall–Kier alpha value is -3.18. The Labute approximate surface area is 156 Å². The Morgan fingerprint density at radius 1 is 0.846 bits per heavy atom. The van der Waals surface area contributed by atoms with E-state index in [1.807, 2.05) is 31.2 Å². The van der Waals surface area contributed by atoms with Crippen LogP contribution in [0.5, 0.6) is 0 Å². The van der Waals surface area contributed by atoms with Gasteiger partial charge in [0.2, 0.25) is 0 Å². The Kier molecular flexibility index (Phi) is 5.29. The molecule has 2 aromatic carbocycles. The number of benzene rings is 2. The molecule has 26 heavy (non-hydrogen) atoms. The number of halogens is 1. The van der Waals surface area contributed by atoms with Crippen LogP contribution in [0, 0.1) is 6.92 Å². The van der Waals surface area contributed by atoms with E-state index in [1.54, 1.807) is 42.5 Å². The summed E-state index contributed by atoms with van der Waals surface area (Å²) in [7, 11) is 0. The summed E-state index contributed by atoms with van der Waals surface area (Å²) in [6.07, 6.45) is 0. The van der Waals surface area contributed by atoms with Crippen molar-refractivity contribution >= 4 is 34.8 Å². The second-order valence-corrected chi connectivity index (χ2v) is 6.08. The van der Waals surface area contributed by atoms with Crippen LogP contribution < -0.4 is 10.6 Å². The number of pyridine rings is 1. The third kappa shape index (κ3) is 4.26. The predicted octanol–water partition coefficient (Wildman–Crippen LogP) is 4.55. The summed E-state index contributed by atoms with van der Waals surface area (Å²) < 4.78 is 0. The first-order chi connectivity index (χ1) is 12.5. The number of hydrogen-bond acceptors (Lipinski definition) is 3. The normalized spacial score (nSPS) is 10.2. The fourth-order valence-electron chi connectivity index (χ4n) is 2.35. The number of aryl methyl sites for hydroxylation is 1. The summed E-state index contributed by atoms with van der Waals surface area (Å²) in [6.45, 7) is 1.90. The van der Waals surface area contributed by atoms with Gasteiger partial charge in [-0.05, 0) is 48.9 Å². The average Bonchev–Trinajstić information content (AvgIpc) is 2.63. The summed E-state index contributed by atoms with van der Waals surface area (Å²) in [5.74, 6) is -0.797. The van der Waals surface area contributed by atoms with Crippen molar-refractivity contribution < 1.29 is 9.59 Å². The maximum Gasteiger partial charge on any atom is 0.274 e. The van der Waals surface area contributed by atoms with Gasteiger partial charge in [0.15, 0.2) is 0 Å². The molecule has 0 atom stereocenters. The summed E-state index contributed by atoms with van der Waals surface area (Å²) in [5.41, 5.74) is 2.50. The monoisotopic (exact) mass is 365 g/mol. The van der Waals surface area contributed by atoms with E-state index in [-0.39, 0.29) is 17.3 Å². The molecule has 5 nitrogen and oxygen atoms in total. The molecule has 0 aliphatic heterocycles. The molecule has 0 saturated carbocycles. The van der Waals surface area contributed by atoms with Crippen molar-refractivity contribution in [2.24, 2.45) is 0 Å². The molecule has 0 bridgehead atoms. The van der Waals surface area contributed by atoms with Crippen LogP contribution in [-0.2, 0) is 0 Å². The van der Waals surface area contributed by atoms with Crippen molar-refractivity contribution in [1.29, 1.82) is 0 Å². The van der Waals surface area contributed by atoms with E-state index in [2.05, 4.69) is 15.6 Å². The highest BCUT2D eigenvalue weighted by molar-refractivity contribution is 6.31. The number of aromatic nitrogens is 1. The molecule has 0 saturated heterocycles. The van der Waals surface area contributed by atoms with E-state index in [1.165, 1.54) is 0 Å². The maximum absolute atomic E-state index is 12.4. The molecule has 0 radical (unpaired) electrons. The van der Waals surface area contributed by atoms with E-state index >= 15 is 0 Å². The number of carbonyl (C=O) groups is 2. The van der Waals surface area contributed by atoms with Gasteiger partial charge in [0.05, 0.1) is 0 Å². The van der Waals surface area contributed by atoms with Crippen LogP contribution >= 0.6 is 11.6 Å². The minimum Gasteiger partial charge on any atom is -0.321 e. The molecule has 1 heterocycles.